The maximum absolute atomic E-state index is 11.5. The summed E-state index contributed by atoms with van der Waals surface area (Å²) in [5.74, 6) is -1.93. The Morgan fingerprint density at radius 3 is 2.33 bits per heavy atom. The molecule has 0 bridgehead atoms. The minimum atomic E-state index is -2.19. The molecule has 1 aliphatic heterocycles. The number of carbonyl (C=O) groups is 2. The molecule has 1 aliphatic rings. The Kier molecular flexibility index (Phi) is 5.55. The molecule has 0 aromatic carbocycles. The maximum Gasteiger partial charge on any atom is 0.349 e. The van der Waals surface area contributed by atoms with Crippen molar-refractivity contribution in [3.05, 3.63) is 0 Å². The third-order valence-electron chi connectivity index (χ3n) is 3.31. The van der Waals surface area contributed by atoms with Gasteiger partial charge in [0.25, 0.3) is 5.60 Å². The highest BCUT2D eigenvalue weighted by molar-refractivity contribution is 6.03. The summed E-state index contributed by atoms with van der Waals surface area (Å²) < 4.78 is 8.94. The molecule has 0 radical (unpaired) electrons. The molecule has 0 saturated carbocycles. The number of rotatable bonds is 5. The summed E-state index contributed by atoms with van der Waals surface area (Å²) in [4.78, 5) is 23.0. The smallest absolute Gasteiger partial charge is 0.349 e. The van der Waals surface area contributed by atoms with Gasteiger partial charge in [-0.3, -0.25) is 0 Å². The van der Waals surface area contributed by atoms with Crippen molar-refractivity contribution in [1.29, 1.82) is 0 Å². The maximum atomic E-state index is 11.5. The first-order valence-electron chi connectivity index (χ1n) is 6.17. The predicted molar refractivity (Wildman–Crippen MR) is 63.9 cm³/mol. The molecule has 104 valence electrons. The molecule has 0 aromatic heterocycles. The van der Waals surface area contributed by atoms with Crippen LogP contribution in [0, 0.1) is 0 Å². The number of methoxy groups -OCH3 is 2. The van der Waals surface area contributed by atoms with Crippen LogP contribution in [-0.2, 0) is 19.1 Å². The molecule has 1 rings (SSSR count). The van der Waals surface area contributed by atoms with Gasteiger partial charge in [0, 0.05) is 6.04 Å². The number of carbonyl (C=O) groups excluding carboxylic acids is 2. The molecule has 0 aliphatic carbocycles. The number of nitrogens with one attached hydrogen (secondary N) is 1. The van der Waals surface area contributed by atoms with E-state index in [1.54, 1.807) is 0 Å². The third kappa shape index (κ3) is 3.43. The molecule has 6 nitrogen and oxygen atoms in total. The molecular formula is C12H21NO5. The predicted octanol–water partition coefficient (Wildman–Crippen LogP) is -0.0142. The van der Waals surface area contributed by atoms with Crippen molar-refractivity contribution in [2.45, 2.75) is 43.7 Å². The molecular weight excluding hydrogens is 238 g/mol. The fourth-order valence-corrected chi connectivity index (χ4v) is 2.18. The van der Waals surface area contributed by atoms with Crippen molar-refractivity contribution < 1.29 is 24.2 Å². The van der Waals surface area contributed by atoms with Gasteiger partial charge in [0.1, 0.15) is 0 Å². The highest BCUT2D eigenvalue weighted by atomic mass is 16.6. The van der Waals surface area contributed by atoms with Gasteiger partial charge in [-0.1, -0.05) is 6.42 Å². The number of hydrogen-bond acceptors (Lipinski definition) is 6. The van der Waals surface area contributed by atoms with Crippen molar-refractivity contribution in [3.63, 3.8) is 0 Å². The molecule has 6 heteroatoms. The second-order valence-electron chi connectivity index (χ2n) is 4.53. The largest absolute Gasteiger partial charge is 0.466 e. The molecule has 0 amide bonds. The summed E-state index contributed by atoms with van der Waals surface area (Å²) in [6, 6.07) is 0.222. The lowest BCUT2D eigenvalue weighted by atomic mass is 9.92. The Labute approximate surface area is 107 Å². The van der Waals surface area contributed by atoms with E-state index in [0.717, 1.165) is 40.0 Å². The Balaban J connectivity index is 2.60. The van der Waals surface area contributed by atoms with Gasteiger partial charge in [-0.05, 0) is 32.2 Å². The molecule has 1 heterocycles. The Morgan fingerprint density at radius 2 is 1.89 bits per heavy atom. The second kappa shape index (κ2) is 6.70. The fourth-order valence-electron chi connectivity index (χ4n) is 2.18. The van der Waals surface area contributed by atoms with Crippen molar-refractivity contribution in [3.8, 4) is 0 Å². The van der Waals surface area contributed by atoms with Crippen LogP contribution in [0.3, 0.4) is 0 Å². The summed E-state index contributed by atoms with van der Waals surface area (Å²) in [6.45, 7) is 0.930. The lowest BCUT2D eigenvalue weighted by molar-refractivity contribution is -0.181. The summed E-state index contributed by atoms with van der Waals surface area (Å²) in [5.41, 5.74) is -2.19. The topological polar surface area (TPSA) is 84.9 Å². The van der Waals surface area contributed by atoms with Crippen LogP contribution in [0.4, 0.5) is 0 Å². The van der Waals surface area contributed by atoms with E-state index in [4.69, 9.17) is 0 Å². The molecule has 1 unspecified atom stereocenters. The molecule has 0 spiro atoms. The average Bonchev–Trinajstić information content (AvgIpc) is 2.43. The SMILES string of the molecule is COC(=O)C(O)(CCC1CCCCN1)C(=O)OC. The van der Waals surface area contributed by atoms with Gasteiger partial charge in [0.2, 0.25) is 0 Å². The first-order chi connectivity index (χ1) is 8.54. The van der Waals surface area contributed by atoms with E-state index in [1.165, 1.54) is 0 Å². The van der Waals surface area contributed by atoms with Gasteiger partial charge >= 0.3 is 11.9 Å². The van der Waals surface area contributed by atoms with Crippen LogP contribution in [0.1, 0.15) is 32.1 Å². The van der Waals surface area contributed by atoms with E-state index >= 15 is 0 Å². The first-order valence-corrected chi connectivity index (χ1v) is 6.17. The minimum absolute atomic E-state index is 0.00398. The first kappa shape index (κ1) is 14.9. The van der Waals surface area contributed by atoms with Gasteiger partial charge < -0.3 is 19.9 Å². The minimum Gasteiger partial charge on any atom is -0.466 e. The molecule has 18 heavy (non-hydrogen) atoms. The van der Waals surface area contributed by atoms with E-state index in [-0.39, 0.29) is 12.5 Å². The number of esters is 2. The summed E-state index contributed by atoms with van der Waals surface area (Å²) in [6.07, 6.45) is 3.77. The van der Waals surface area contributed by atoms with Crippen molar-refractivity contribution in [2.75, 3.05) is 20.8 Å². The Morgan fingerprint density at radius 1 is 1.28 bits per heavy atom. The molecule has 1 fully saturated rings. The van der Waals surface area contributed by atoms with Crippen molar-refractivity contribution in [2.24, 2.45) is 0 Å². The normalized spacial score (nSPS) is 20.3. The second-order valence-corrected chi connectivity index (χ2v) is 4.53. The van der Waals surface area contributed by atoms with Gasteiger partial charge in [-0.2, -0.15) is 0 Å². The third-order valence-corrected chi connectivity index (χ3v) is 3.31. The van der Waals surface area contributed by atoms with Gasteiger partial charge in [0.05, 0.1) is 14.2 Å². The highest BCUT2D eigenvalue weighted by Gasteiger charge is 2.46. The van der Waals surface area contributed by atoms with Crippen molar-refractivity contribution in [1.82, 2.24) is 5.32 Å². The summed E-state index contributed by atoms with van der Waals surface area (Å²) in [5, 5.41) is 13.4. The Bertz CT molecular complexity index is 283. The van der Waals surface area contributed by atoms with Gasteiger partial charge in [0.15, 0.2) is 0 Å². The zero-order valence-electron chi connectivity index (χ0n) is 10.9. The van der Waals surface area contributed by atoms with Gasteiger partial charge in [-0.15, -0.1) is 0 Å². The van der Waals surface area contributed by atoms with Crippen LogP contribution in [0.2, 0.25) is 0 Å². The molecule has 0 aromatic rings. The lowest BCUT2D eigenvalue weighted by Gasteiger charge is -2.27. The number of ether oxygens (including phenoxy) is 2. The van der Waals surface area contributed by atoms with E-state index in [0.29, 0.717) is 6.42 Å². The fraction of sp³-hybridized carbons (Fsp3) is 0.833. The number of hydrogen-bond donors (Lipinski definition) is 2. The van der Waals surface area contributed by atoms with Crippen LogP contribution in [0.25, 0.3) is 0 Å². The zero-order valence-corrected chi connectivity index (χ0v) is 10.9. The van der Waals surface area contributed by atoms with E-state index in [2.05, 4.69) is 14.8 Å². The number of aliphatic hydroxyl groups is 1. The molecule has 1 atom stereocenters. The number of piperidine rings is 1. The standard InChI is InChI=1S/C12H21NO5/c1-17-10(14)12(16,11(15)18-2)7-6-9-5-3-4-8-13-9/h9,13,16H,3-8H2,1-2H3. The average molecular weight is 259 g/mol. The van der Waals surface area contributed by atoms with Crippen LogP contribution in [0.5, 0.6) is 0 Å². The lowest BCUT2D eigenvalue weighted by Crippen LogP contribution is -2.49. The molecule has 1 saturated heterocycles. The zero-order chi connectivity index (χ0) is 13.6. The van der Waals surface area contributed by atoms with Gasteiger partial charge in [-0.25, -0.2) is 9.59 Å². The Hall–Kier alpha value is -1.14. The van der Waals surface area contributed by atoms with Crippen molar-refractivity contribution >= 4 is 11.9 Å². The van der Waals surface area contributed by atoms with E-state index < -0.39 is 17.5 Å². The molecule has 2 N–H and O–H groups in total. The van der Waals surface area contributed by atoms with Crippen LogP contribution < -0.4 is 5.32 Å². The van der Waals surface area contributed by atoms with Crippen LogP contribution in [0.15, 0.2) is 0 Å². The quantitative estimate of drug-likeness (QED) is 0.533. The van der Waals surface area contributed by atoms with E-state index in [9.17, 15) is 14.7 Å². The monoisotopic (exact) mass is 259 g/mol. The summed E-state index contributed by atoms with van der Waals surface area (Å²) >= 11 is 0. The highest BCUT2D eigenvalue weighted by Crippen LogP contribution is 2.21. The summed E-state index contributed by atoms with van der Waals surface area (Å²) in [7, 11) is 2.27. The van der Waals surface area contributed by atoms with Crippen LogP contribution >= 0.6 is 0 Å². The van der Waals surface area contributed by atoms with Crippen LogP contribution in [-0.4, -0.2) is 49.5 Å². The van der Waals surface area contributed by atoms with E-state index in [1.807, 2.05) is 0 Å².